The quantitative estimate of drug-likeness (QED) is 0.518. The molecule has 3 rings (SSSR count). The molecular formula is C18H12Cl2NO4S2-. The van der Waals surface area contributed by atoms with Crippen molar-refractivity contribution >= 4 is 63.1 Å². The van der Waals surface area contributed by atoms with Gasteiger partial charge in [0.1, 0.15) is 4.88 Å². The second kappa shape index (κ2) is 8.00. The molecule has 1 atom stereocenters. The van der Waals surface area contributed by atoms with Crippen molar-refractivity contribution in [2.45, 2.75) is 6.92 Å². The van der Waals surface area contributed by atoms with Crippen molar-refractivity contribution < 1.29 is 18.7 Å². The highest BCUT2D eigenvalue weighted by Gasteiger charge is 2.24. The van der Waals surface area contributed by atoms with Gasteiger partial charge in [0.2, 0.25) is 0 Å². The van der Waals surface area contributed by atoms with Gasteiger partial charge in [0, 0.05) is 20.5 Å². The Morgan fingerprint density at radius 3 is 2.48 bits per heavy atom. The summed E-state index contributed by atoms with van der Waals surface area (Å²) in [6, 6.07) is 13.1. The number of carbonyl (C=O) groups is 1. The van der Waals surface area contributed by atoms with Gasteiger partial charge in [-0.05, 0) is 42.8 Å². The third kappa shape index (κ3) is 4.02. The number of para-hydroxylation sites is 1. The predicted molar refractivity (Wildman–Crippen MR) is 109 cm³/mol. The first-order valence-electron chi connectivity index (χ1n) is 7.57. The fraction of sp³-hybridized carbons (Fsp3) is 0.0556. The van der Waals surface area contributed by atoms with Gasteiger partial charge >= 0.3 is 5.97 Å². The highest BCUT2D eigenvalue weighted by Crippen LogP contribution is 2.43. The Bertz CT molecular complexity index is 1050. The average molecular weight is 441 g/mol. The number of benzene rings is 2. The summed E-state index contributed by atoms with van der Waals surface area (Å²) in [5, 5.41) is 10.4. The first-order valence-corrected chi connectivity index (χ1v) is 10.2. The van der Waals surface area contributed by atoms with Crippen molar-refractivity contribution in [3.8, 4) is 10.4 Å². The van der Waals surface area contributed by atoms with E-state index in [4.69, 9.17) is 23.2 Å². The molecule has 0 spiro atoms. The summed E-state index contributed by atoms with van der Waals surface area (Å²) < 4.78 is 24.9. The molecule has 5 nitrogen and oxygen atoms in total. The van der Waals surface area contributed by atoms with Gasteiger partial charge in [0.15, 0.2) is 0 Å². The number of rotatable bonds is 5. The first kappa shape index (κ1) is 19.9. The summed E-state index contributed by atoms with van der Waals surface area (Å²) in [4.78, 5) is 12.2. The minimum atomic E-state index is -2.73. The number of nitrogens with zero attached hydrogens (tertiary/aromatic N) is 1. The normalized spacial score (nSPS) is 12.0. The lowest BCUT2D eigenvalue weighted by molar-refractivity contribution is 0.0703. The van der Waals surface area contributed by atoms with E-state index >= 15 is 0 Å². The number of hydrogen-bond donors (Lipinski definition) is 1. The average Bonchev–Trinajstić information content (AvgIpc) is 3.03. The lowest BCUT2D eigenvalue weighted by Crippen LogP contribution is -2.21. The van der Waals surface area contributed by atoms with Crippen LogP contribution in [0.3, 0.4) is 0 Å². The van der Waals surface area contributed by atoms with E-state index in [0.717, 1.165) is 15.6 Å². The maximum absolute atomic E-state index is 12.0. The molecule has 27 heavy (non-hydrogen) atoms. The molecule has 0 radical (unpaired) electrons. The Labute approximate surface area is 172 Å². The van der Waals surface area contributed by atoms with Crippen LogP contribution in [0.25, 0.3) is 10.4 Å². The number of carboxylic acids is 1. The van der Waals surface area contributed by atoms with Crippen LogP contribution in [-0.4, -0.2) is 19.8 Å². The van der Waals surface area contributed by atoms with Crippen molar-refractivity contribution in [1.82, 2.24) is 0 Å². The molecule has 0 aliphatic carbocycles. The largest absolute Gasteiger partial charge is 0.755 e. The zero-order valence-electron chi connectivity index (χ0n) is 13.8. The van der Waals surface area contributed by atoms with E-state index in [-0.39, 0.29) is 10.6 Å². The van der Waals surface area contributed by atoms with E-state index in [9.17, 15) is 18.7 Å². The highest BCUT2D eigenvalue weighted by molar-refractivity contribution is 7.81. The number of aryl methyl sites for hydroxylation is 1. The second-order valence-corrected chi connectivity index (χ2v) is 8.25. The Hall–Kier alpha value is -1.90. The summed E-state index contributed by atoms with van der Waals surface area (Å²) in [7, 11) is 0. The summed E-state index contributed by atoms with van der Waals surface area (Å²) in [6.07, 6.45) is 0. The topological polar surface area (TPSA) is 80.7 Å². The smallest absolute Gasteiger partial charge is 0.348 e. The Kier molecular flexibility index (Phi) is 5.88. The zero-order chi connectivity index (χ0) is 19.7. The number of halogens is 2. The minimum Gasteiger partial charge on any atom is -0.755 e. The SMILES string of the molecule is Cc1ccccc1N(c1cc(-c2cc(Cl)ccc2Cl)sc1C(=O)O)S(=O)[O-]. The van der Waals surface area contributed by atoms with Crippen LogP contribution >= 0.6 is 34.5 Å². The summed E-state index contributed by atoms with van der Waals surface area (Å²) in [5.74, 6) is -1.23. The molecule has 1 N–H and O–H groups in total. The predicted octanol–water partition coefficient (Wildman–Crippen LogP) is 5.66. The molecule has 1 heterocycles. The van der Waals surface area contributed by atoms with Crippen molar-refractivity contribution in [1.29, 1.82) is 0 Å². The fourth-order valence-electron chi connectivity index (χ4n) is 2.59. The Morgan fingerprint density at radius 1 is 1.15 bits per heavy atom. The molecule has 0 saturated carbocycles. The van der Waals surface area contributed by atoms with Gasteiger partial charge in [-0.15, -0.1) is 11.3 Å². The molecule has 3 aromatic rings. The molecule has 0 bridgehead atoms. The lowest BCUT2D eigenvalue weighted by atomic mass is 10.1. The molecule has 1 unspecified atom stereocenters. The molecule has 0 saturated heterocycles. The van der Waals surface area contributed by atoms with E-state index < -0.39 is 17.2 Å². The van der Waals surface area contributed by atoms with Crippen LogP contribution in [0.15, 0.2) is 48.5 Å². The maximum atomic E-state index is 12.0. The molecule has 0 amide bonds. The van der Waals surface area contributed by atoms with Gasteiger partial charge in [-0.1, -0.05) is 41.4 Å². The van der Waals surface area contributed by atoms with Crippen LogP contribution in [0, 0.1) is 6.92 Å². The zero-order valence-corrected chi connectivity index (χ0v) is 17.0. The number of aromatic carboxylic acids is 1. The van der Waals surface area contributed by atoms with Gasteiger partial charge in [-0.3, -0.25) is 8.51 Å². The van der Waals surface area contributed by atoms with Gasteiger partial charge in [0.25, 0.3) is 0 Å². The van der Waals surface area contributed by atoms with E-state index in [0.29, 0.717) is 31.7 Å². The second-order valence-electron chi connectivity index (χ2n) is 5.55. The molecule has 0 aliphatic heterocycles. The Balaban J connectivity index is 2.24. The minimum absolute atomic E-state index is 0.0428. The summed E-state index contributed by atoms with van der Waals surface area (Å²) >= 11 is 10.5. The van der Waals surface area contributed by atoms with Crippen molar-refractivity contribution in [2.75, 3.05) is 4.31 Å². The van der Waals surface area contributed by atoms with Crippen LogP contribution in [-0.2, 0) is 11.3 Å². The number of hydrogen-bond acceptors (Lipinski definition) is 4. The first-order chi connectivity index (χ1) is 12.8. The van der Waals surface area contributed by atoms with Crippen LogP contribution < -0.4 is 4.31 Å². The third-order valence-corrected chi connectivity index (χ3v) is 6.20. The lowest BCUT2D eigenvalue weighted by Gasteiger charge is -2.27. The van der Waals surface area contributed by atoms with Gasteiger partial charge in [0.05, 0.1) is 22.6 Å². The third-order valence-electron chi connectivity index (χ3n) is 3.80. The summed E-state index contributed by atoms with van der Waals surface area (Å²) in [5.41, 5.74) is 1.63. The molecule has 2 aromatic carbocycles. The monoisotopic (exact) mass is 440 g/mol. The summed E-state index contributed by atoms with van der Waals surface area (Å²) in [6.45, 7) is 1.75. The number of thiophene rings is 1. The molecular weight excluding hydrogens is 429 g/mol. The van der Waals surface area contributed by atoms with E-state index in [1.807, 2.05) is 0 Å². The standard InChI is InChI=1S/C18H13Cl2NO4S2/c1-10-4-2-3-5-14(10)21(27(24)25)15-9-16(26-17(15)18(22)23)12-8-11(19)6-7-13(12)20/h2-9H,1H3,(H,22,23)(H,24,25)/p-1. The number of carboxylic acid groups (broad SMARTS) is 1. The van der Waals surface area contributed by atoms with Crippen molar-refractivity contribution in [2.24, 2.45) is 0 Å². The van der Waals surface area contributed by atoms with E-state index in [2.05, 4.69) is 0 Å². The molecule has 140 valence electrons. The number of anilines is 2. The van der Waals surface area contributed by atoms with Crippen LogP contribution in [0.1, 0.15) is 15.2 Å². The van der Waals surface area contributed by atoms with E-state index in [1.54, 1.807) is 49.4 Å². The van der Waals surface area contributed by atoms with Gasteiger partial charge in [-0.25, -0.2) is 4.79 Å². The van der Waals surface area contributed by atoms with Crippen LogP contribution in [0.4, 0.5) is 11.4 Å². The van der Waals surface area contributed by atoms with Crippen molar-refractivity contribution in [3.63, 3.8) is 0 Å². The fourth-order valence-corrected chi connectivity index (χ4v) is 4.77. The highest BCUT2D eigenvalue weighted by atomic mass is 35.5. The van der Waals surface area contributed by atoms with Crippen LogP contribution in [0.5, 0.6) is 0 Å². The van der Waals surface area contributed by atoms with Gasteiger partial charge < -0.3 is 9.66 Å². The Morgan fingerprint density at radius 2 is 1.85 bits per heavy atom. The van der Waals surface area contributed by atoms with E-state index in [1.165, 1.54) is 6.07 Å². The van der Waals surface area contributed by atoms with Crippen LogP contribution in [0.2, 0.25) is 10.0 Å². The molecule has 9 heteroatoms. The molecule has 1 aromatic heterocycles. The van der Waals surface area contributed by atoms with Gasteiger partial charge in [-0.2, -0.15) is 0 Å². The molecule has 0 fully saturated rings. The van der Waals surface area contributed by atoms with Crippen molar-refractivity contribution in [3.05, 3.63) is 69.0 Å². The maximum Gasteiger partial charge on any atom is 0.348 e. The molecule has 0 aliphatic rings.